The summed E-state index contributed by atoms with van der Waals surface area (Å²) in [5.74, 6) is -0.722. The molecular formula is C22H19ClFNO. The fourth-order valence-electron chi connectivity index (χ4n) is 2.81. The molecule has 0 bridgehead atoms. The highest BCUT2D eigenvalue weighted by atomic mass is 35.5. The van der Waals surface area contributed by atoms with Crippen molar-refractivity contribution in [2.45, 2.75) is 19.4 Å². The van der Waals surface area contributed by atoms with E-state index in [1.54, 1.807) is 12.1 Å². The van der Waals surface area contributed by atoms with Gasteiger partial charge in [-0.2, -0.15) is 0 Å². The first-order chi connectivity index (χ1) is 12.5. The van der Waals surface area contributed by atoms with Crippen LogP contribution < -0.4 is 5.32 Å². The second-order valence-corrected chi connectivity index (χ2v) is 6.67. The minimum Gasteiger partial charge on any atom is -0.345 e. The van der Waals surface area contributed by atoms with Gasteiger partial charge in [-0.1, -0.05) is 77.8 Å². The molecule has 26 heavy (non-hydrogen) atoms. The number of hydrogen-bond acceptors (Lipinski definition) is 1. The van der Waals surface area contributed by atoms with Gasteiger partial charge in [0.15, 0.2) is 0 Å². The number of benzene rings is 3. The summed E-state index contributed by atoms with van der Waals surface area (Å²) in [7, 11) is 0. The first-order valence-electron chi connectivity index (χ1n) is 8.38. The summed E-state index contributed by atoms with van der Waals surface area (Å²) in [5.41, 5.74) is 3.42. The third-order valence-electron chi connectivity index (χ3n) is 4.22. The molecule has 1 atom stereocenters. The molecule has 3 aromatic rings. The summed E-state index contributed by atoms with van der Waals surface area (Å²) >= 11 is 5.77. The van der Waals surface area contributed by atoms with Gasteiger partial charge in [0.25, 0.3) is 0 Å². The average molecular weight is 368 g/mol. The number of hydrogen-bond donors (Lipinski definition) is 1. The van der Waals surface area contributed by atoms with Gasteiger partial charge in [0.05, 0.1) is 12.5 Å². The van der Waals surface area contributed by atoms with Gasteiger partial charge in [0.2, 0.25) is 5.91 Å². The number of carbonyl (C=O) groups excluding carboxylic acids is 1. The lowest BCUT2D eigenvalue weighted by Gasteiger charge is -2.20. The van der Waals surface area contributed by atoms with Crippen molar-refractivity contribution in [2.75, 3.05) is 0 Å². The van der Waals surface area contributed by atoms with E-state index in [0.717, 1.165) is 16.7 Å². The van der Waals surface area contributed by atoms with Gasteiger partial charge in [0.1, 0.15) is 5.82 Å². The molecule has 0 heterocycles. The Morgan fingerprint density at radius 1 is 1.00 bits per heavy atom. The van der Waals surface area contributed by atoms with Crippen LogP contribution in [0.2, 0.25) is 5.02 Å². The molecule has 0 aliphatic carbocycles. The van der Waals surface area contributed by atoms with E-state index in [1.165, 1.54) is 6.07 Å². The zero-order valence-corrected chi connectivity index (χ0v) is 15.1. The molecule has 0 saturated heterocycles. The van der Waals surface area contributed by atoms with Crippen LogP contribution in [-0.4, -0.2) is 5.91 Å². The van der Waals surface area contributed by atoms with E-state index in [9.17, 15) is 9.18 Å². The lowest BCUT2D eigenvalue weighted by atomic mass is 9.97. The Balaban J connectivity index is 1.83. The van der Waals surface area contributed by atoms with Crippen molar-refractivity contribution >= 4 is 17.5 Å². The number of aryl methyl sites for hydroxylation is 1. The van der Waals surface area contributed by atoms with E-state index < -0.39 is 5.82 Å². The van der Waals surface area contributed by atoms with E-state index >= 15 is 0 Å². The first kappa shape index (κ1) is 18.2. The van der Waals surface area contributed by atoms with E-state index in [-0.39, 0.29) is 18.4 Å². The molecule has 132 valence electrons. The molecule has 0 fully saturated rings. The van der Waals surface area contributed by atoms with Crippen LogP contribution in [0.1, 0.15) is 28.3 Å². The molecule has 1 N–H and O–H groups in total. The highest BCUT2D eigenvalue weighted by Crippen LogP contribution is 2.23. The molecule has 0 aliphatic heterocycles. The fraction of sp³-hybridized carbons (Fsp3) is 0.136. The van der Waals surface area contributed by atoms with Crippen molar-refractivity contribution in [3.05, 3.63) is 106 Å². The zero-order valence-electron chi connectivity index (χ0n) is 14.4. The van der Waals surface area contributed by atoms with Crippen molar-refractivity contribution in [2.24, 2.45) is 0 Å². The molecular weight excluding hydrogens is 349 g/mol. The van der Waals surface area contributed by atoms with Gasteiger partial charge in [-0.15, -0.1) is 0 Å². The molecule has 3 rings (SSSR count). The lowest BCUT2D eigenvalue weighted by Crippen LogP contribution is -2.30. The number of rotatable bonds is 5. The smallest absolute Gasteiger partial charge is 0.225 e. The summed E-state index contributed by atoms with van der Waals surface area (Å²) in [4.78, 5) is 12.6. The third-order valence-corrected chi connectivity index (χ3v) is 4.45. The van der Waals surface area contributed by atoms with Crippen LogP contribution in [0.4, 0.5) is 4.39 Å². The maximum Gasteiger partial charge on any atom is 0.225 e. The van der Waals surface area contributed by atoms with Gasteiger partial charge in [-0.25, -0.2) is 4.39 Å². The molecule has 0 saturated carbocycles. The molecule has 0 aliphatic rings. The maximum absolute atomic E-state index is 14.0. The Morgan fingerprint density at radius 2 is 1.65 bits per heavy atom. The molecule has 0 radical (unpaired) electrons. The summed E-state index contributed by atoms with van der Waals surface area (Å²) in [6, 6.07) is 21.8. The average Bonchev–Trinajstić information content (AvgIpc) is 2.64. The van der Waals surface area contributed by atoms with E-state index in [4.69, 9.17) is 11.6 Å². The molecule has 4 heteroatoms. The van der Waals surface area contributed by atoms with Crippen molar-refractivity contribution in [3.8, 4) is 0 Å². The lowest BCUT2D eigenvalue weighted by molar-refractivity contribution is -0.121. The molecule has 0 unspecified atom stereocenters. The van der Waals surface area contributed by atoms with Crippen molar-refractivity contribution in [3.63, 3.8) is 0 Å². The van der Waals surface area contributed by atoms with Crippen molar-refractivity contribution in [1.29, 1.82) is 0 Å². The summed E-state index contributed by atoms with van der Waals surface area (Å²) < 4.78 is 14.0. The number of nitrogens with one attached hydrogen (secondary N) is 1. The largest absolute Gasteiger partial charge is 0.345 e. The maximum atomic E-state index is 14.0. The molecule has 3 aromatic carbocycles. The van der Waals surface area contributed by atoms with Gasteiger partial charge in [-0.05, 0) is 35.7 Å². The van der Waals surface area contributed by atoms with Gasteiger partial charge >= 0.3 is 0 Å². The predicted molar refractivity (Wildman–Crippen MR) is 103 cm³/mol. The van der Waals surface area contributed by atoms with E-state index in [0.29, 0.717) is 10.6 Å². The predicted octanol–water partition coefficient (Wildman–Crippen LogP) is 5.24. The highest BCUT2D eigenvalue weighted by Gasteiger charge is 2.18. The molecule has 0 aromatic heterocycles. The molecule has 2 nitrogen and oxygen atoms in total. The second-order valence-electron chi connectivity index (χ2n) is 6.23. The van der Waals surface area contributed by atoms with Crippen LogP contribution in [0, 0.1) is 12.7 Å². The van der Waals surface area contributed by atoms with E-state index in [2.05, 4.69) is 5.32 Å². The monoisotopic (exact) mass is 367 g/mol. The number of halogens is 2. The first-order valence-corrected chi connectivity index (χ1v) is 8.75. The SMILES string of the molecule is Cc1ccc([C@@H](NC(=O)Cc2ccc(Cl)cc2F)c2ccccc2)cc1. The summed E-state index contributed by atoms with van der Waals surface area (Å²) in [6.45, 7) is 2.02. The van der Waals surface area contributed by atoms with Crippen molar-refractivity contribution in [1.82, 2.24) is 5.32 Å². The van der Waals surface area contributed by atoms with Gasteiger partial charge in [0, 0.05) is 5.02 Å². The van der Waals surface area contributed by atoms with Crippen molar-refractivity contribution < 1.29 is 9.18 Å². The minimum atomic E-state index is -0.473. The molecule has 0 spiro atoms. The Bertz CT molecular complexity index is 894. The Kier molecular flexibility index (Phi) is 5.69. The van der Waals surface area contributed by atoms with E-state index in [1.807, 2.05) is 61.5 Å². The second kappa shape index (κ2) is 8.15. The normalized spacial score (nSPS) is 11.8. The van der Waals surface area contributed by atoms with Crippen LogP contribution >= 0.6 is 11.6 Å². The highest BCUT2D eigenvalue weighted by molar-refractivity contribution is 6.30. The van der Waals surface area contributed by atoms with Crippen LogP contribution in [0.5, 0.6) is 0 Å². The van der Waals surface area contributed by atoms with Crippen LogP contribution in [-0.2, 0) is 11.2 Å². The van der Waals surface area contributed by atoms with Gasteiger partial charge < -0.3 is 5.32 Å². The molecule has 1 amide bonds. The van der Waals surface area contributed by atoms with Crippen LogP contribution in [0.3, 0.4) is 0 Å². The van der Waals surface area contributed by atoms with Crippen LogP contribution in [0.25, 0.3) is 0 Å². The quantitative estimate of drug-likeness (QED) is 0.656. The summed E-state index contributed by atoms with van der Waals surface area (Å²) in [6.07, 6.45) is -0.0435. The standard InChI is InChI=1S/C22H19ClFNO/c1-15-7-9-17(10-8-15)22(16-5-3-2-4-6-16)25-21(26)13-18-11-12-19(23)14-20(18)24/h2-12,14,22H,13H2,1H3,(H,25,26)/t22-/m0/s1. The topological polar surface area (TPSA) is 29.1 Å². The number of carbonyl (C=O) groups is 1. The summed E-state index contributed by atoms with van der Waals surface area (Å²) in [5, 5.41) is 3.33. The van der Waals surface area contributed by atoms with Gasteiger partial charge in [-0.3, -0.25) is 4.79 Å². The zero-order chi connectivity index (χ0) is 18.5. The Hall–Kier alpha value is -2.65. The fourth-order valence-corrected chi connectivity index (χ4v) is 2.97. The third kappa shape index (κ3) is 4.50. The van der Waals surface area contributed by atoms with Crippen LogP contribution in [0.15, 0.2) is 72.8 Å². The minimum absolute atomic E-state index is 0.0435. The number of amides is 1. The Morgan fingerprint density at radius 3 is 2.31 bits per heavy atom. The Labute approximate surface area is 157 Å².